The molecule has 0 aliphatic heterocycles. The average Bonchev–Trinajstić information content (AvgIpc) is 1.96. The minimum Gasteiger partial charge on any atom is -0.393 e. The second-order valence-corrected chi connectivity index (χ2v) is 4.35. The van der Waals surface area contributed by atoms with Crippen LogP contribution in [0, 0.1) is 11.8 Å². The molecule has 0 heterocycles. The van der Waals surface area contributed by atoms with E-state index in [1.54, 1.807) is 0 Å². The Labute approximate surface area is 75.5 Å². The fraction of sp³-hybridized carbons (Fsp3) is 0.818. The van der Waals surface area contributed by atoms with Gasteiger partial charge >= 0.3 is 0 Å². The number of rotatable bonds is 1. The van der Waals surface area contributed by atoms with E-state index in [1.165, 1.54) is 12.0 Å². The molecule has 0 aromatic carbocycles. The zero-order chi connectivity index (χ0) is 9.14. The Hall–Kier alpha value is -0.300. The van der Waals surface area contributed by atoms with Gasteiger partial charge in [0.2, 0.25) is 0 Å². The van der Waals surface area contributed by atoms with Gasteiger partial charge in [0.15, 0.2) is 0 Å². The van der Waals surface area contributed by atoms with Crippen molar-refractivity contribution in [1.29, 1.82) is 0 Å². The van der Waals surface area contributed by atoms with E-state index in [0.717, 1.165) is 18.8 Å². The number of aliphatic hydroxyl groups excluding tert-OH is 1. The van der Waals surface area contributed by atoms with E-state index < -0.39 is 0 Å². The van der Waals surface area contributed by atoms with Crippen LogP contribution in [-0.2, 0) is 0 Å². The van der Waals surface area contributed by atoms with Gasteiger partial charge in [-0.25, -0.2) is 0 Å². The summed E-state index contributed by atoms with van der Waals surface area (Å²) in [6.45, 7) is 6.55. The standard InChI is InChI=1S/C11H20O/c1-8(2)6-10-7-11(12)5-4-9(10)3/h6,9-12H,4-5,7H2,1-3H3. The first-order valence-corrected chi connectivity index (χ1v) is 4.92. The summed E-state index contributed by atoms with van der Waals surface area (Å²) in [5.74, 6) is 1.36. The molecule has 3 unspecified atom stereocenters. The molecule has 1 aliphatic rings. The molecule has 0 saturated heterocycles. The summed E-state index contributed by atoms with van der Waals surface area (Å²) in [6.07, 6.45) is 5.39. The predicted molar refractivity (Wildman–Crippen MR) is 51.9 cm³/mol. The van der Waals surface area contributed by atoms with Crippen molar-refractivity contribution in [2.45, 2.75) is 46.1 Å². The molecule has 1 rings (SSSR count). The molecule has 0 aromatic rings. The third kappa shape index (κ3) is 2.63. The first-order valence-electron chi connectivity index (χ1n) is 4.92. The summed E-state index contributed by atoms with van der Waals surface area (Å²) in [7, 11) is 0. The first kappa shape index (κ1) is 9.79. The summed E-state index contributed by atoms with van der Waals surface area (Å²) in [4.78, 5) is 0. The second-order valence-electron chi connectivity index (χ2n) is 4.35. The summed E-state index contributed by atoms with van der Waals surface area (Å²) >= 11 is 0. The maximum atomic E-state index is 9.48. The SMILES string of the molecule is CC(C)=CC1CC(O)CCC1C. The smallest absolute Gasteiger partial charge is 0.0546 e. The molecular formula is C11H20O. The van der Waals surface area contributed by atoms with Gasteiger partial charge in [0.05, 0.1) is 6.10 Å². The second kappa shape index (κ2) is 4.08. The molecule has 0 aromatic heterocycles. The number of aliphatic hydroxyl groups is 1. The zero-order valence-corrected chi connectivity index (χ0v) is 8.38. The third-order valence-electron chi connectivity index (χ3n) is 2.78. The van der Waals surface area contributed by atoms with E-state index in [2.05, 4.69) is 26.8 Å². The Morgan fingerprint density at radius 2 is 2.00 bits per heavy atom. The van der Waals surface area contributed by atoms with Crippen LogP contribution in [0.3, 0.4) is 0 Å². The van der Waals surface area contributed by atoms with E-state index in [9.17, 15) is 5.11 Å². The lowest BCUT2D eigenvalue weighted by Crippen LogP contribution is -2.24. The van der Waals surface area contributed by atoms with Gasteiger partial charge in [0, 0.05) is 0 Å². The van der Waals surface area contributed by atoms with Crippen LogP contribution >= 0.6 is 0 Å². The van der Waals surface area contributed by atoms with Crippen molar-refractivity contribution in [2.24, 2.45) is 11.8 Å². The van der Waals surface area contributed by atoms with Crippen LogP contribution in [0.15, 0.2) is 11.6 Å². The van der Waals surface area contributed by atoms with Gasteiger partial charge in [-0.1, -0.05) is 18.6 Å². The highest BCUT2D eigenvalue weighted by Gasteiger charge is 2.24. The quantitative estimate of drug-likeness (QED) is 0.597. The Bertz CT molecular complexity index is 168. The van der Waals surface area contributed by atoms with Gasteiger partial charge in [-0.3, -0.25) is 0 Å². The Kier molecular flexibility index (Phi) is 3.33. The maximum absolute atomic E-state index is 9.48. The molecule has 1 saturated carbocycles. The molecule has 1 fully saturated rings. The maximum Gasteiger partial charge on any atom is 0.0546 e. The van der Waals surface area contributed by atoms with E-state index >= 15 is 0 Å². The molecule has 1 aliphatic carbocycles. The largest absolute Gasteiger partial charge is 0.393 e. The van der Waals surface area contributed by atoms with Crippen LogP contribution in [0.1, 0.15) is 40.0 Å². The fourth-order valence-corrected chi connectivity index (χ4v) is 1.99. The molecule has 0 spiro atoms. The van der Waals surface area contributed by atoms with Gasteiger partial charge in [-0.05, 0) is 44.9 Å². The van der Waals surface area contributed by atoms with Gasteiger partial charge in [-0.15, -0.1) is 0 Å². The van der Waals surface area contributed by atoms with Gasteiger partial charge < -0.3 is 5.11 Å². The Morgan fingerprint density at radius 1 is 1.33 bits per heavy atom. The lowest BCUT2D eigenvalue weighted by atomic mass is 9.78. The van der Waals surface area contributed by atoms with Crippen molar-refractivity contribution >= 4 is 0 Å². The van der Waals surface area contributed by atoms with Gasteiger partial charge in [0.1, 0.15) is 0 Å². The van der Waals surface area contributed by atoms with Crippen molar-refractivity contribution in [1.82, 2.24) is 0 Å². The van der Waals surface area contributed by atoms with E-state index in [0.29, 0.717) is 5.92 Å². The molecule has 1 nitrogen and oxygen atoms in total. The van der Waals surface area contributed by atoms with Crippen LogP contribution in [0.5, 0.6) is 0 Å². The first-order chi connectivity index (χ1) is 5.59. The van der Waals surface area contributed by atoms with E-state index in [4.69, 9.17) is 0 Å². The minimum atomic E-state index is -0.0539. The molecule has 1 N–H and O–H groups in total. The highest BCUT2D eigenvalue weighted by Crippen LogP contribution is 2.31. The van der Waals surface area contributed by atoms with Crippen molar-refractivity contribution in [2.75, 3.05) is 0 Å². The summed E-state index contributed by atoms with van der Waals surface area (Å²) < 4.78 is 0. The van der Waals surface area contributed by atoms with Crippen molar-refractivity contribution in [3.63, 3.8) is 0 Å². The van der Waals surface area contributed by atoms with Crippen LogP contribution in [0.2, 0.25) is 0 Å². The lowest BCUT2D eigenvalue weighted by Gasteiger charge is -2.30. The molecule has 1 heteroatoms. The Morgan fingerprint density at radius 3 is 2.58 bits per heavy atom. The number of hydrogen-bond acceptors (Lipinski definition) is 1. The highest BCUT2D eigenvalue weighted by molar-refractivity contribution is 5.00. The molecule has 3 atom stereocenters. The van der Waals surface area contributed by atoms with Crippen LogP contribution in [0.4, 0.5) is 0 Å². The molecule has 12 heavy (non-hydrogen) atoms. The van der Waals surface area contributed by atoms with Crippen LogP contribution in [0.25, 0.3) is 0 Å². The third-order valence-corrected chi connectivity index (χ3v) is 2.78. The van der Waals surface area contributed by atoms with Crippen molar-refractivity contribution in [3.05, 3.63) is 11.6 Å². The molecule has 0 radical (unpaired) electrons. The van der Waals surface area contributed by atoms with Crippen molar-refractivity contribution < 1.29 is 5.11 Å². The summed E-state index contributed by atoms with van der Waals surface area (Å²) in [5, 5.41) is 9.48. The van der Waals surface area contributed by atoms with Crippen molar-refractivity contribution in [3.8, 4) is 0 Å². The van der Waals surface area contributed by atoms with E-state index in [-0.39, 0.29) is 6.10 Å². The normalized spacial score (nSPS) is 36.2. The van der Waals surface area contributed by atoms with E-state index in [1.807, 2.05) is 0 Å². The highest BCUT2D eigenvalue weighted by atomic mass is 16.3. The monoisotopic (exact) mass is 168 g/mol. The van der Waals surface area contributed by atoms with Gasteiger partial charge in [0.25, 0.3) is 0 Å². The molecule has 0 bridgehead atoms. The lowest BCUT2D eigenvalue weighted by molar-refractivity contribution is 0.0895. The fourth-order valence-electron chi connectivity index (χ4n) is 1.99. The average molecular weight is 168 g/mol. The number of allylic oxidation sites excluding steroid dienone is 2. The topological polar surface area (TPSA) is 20.2 Å². The zero-order valence-electron chi connectivity index (χ0n) is 8.38. The Balaban J connectivity index is 2.55. The van der Waals surface area contributed by atoms with Crippen LogP contribution < -0.4 is 0 Å². The summed E-state index contributed by atoms with van der Waals surface area (Å²) in [5.41, 5.74) is 1.38. The van der Waals surface area contributed by atoms with Gasteiger partial charge in [-0.2, -0.15) is 0 Å². The predicted octanol–water partition coefficient (Wildman–Crippen LogP) is 2.75. The number of hydrogen-bond donors (Lipinski definition) is 1. The summed E-state index contributed by atoms with van der Waals surface area (Å²) in [6, 6.07) is 0. The molecule has 0 amide bonds. The minimum absolute atomic E-state index is 0.0539. The van der Waals surface area contributed by atoms with Crippen LogP contribution in [-0.4, -0.2) is 11.2 Å². The molecule has 70 valence electrons. The molecular weight excluding hydrogens is 148 g/mol.